The number of aliphatic hydroxyl groups is 1. The number of halogens is 2. The highest BCUT2D eigenvalue weighted by molar-refractivity contribution is 6.52. The molecular formula is C28H24Cl2N2O7. The van der Waals surface area contributed by atoms with Crippen LogP contribution in [0, 0.1) is 0 Å². The van der Waals surface area contributed by atoms with Gasteiger partial charge in [0.05, 0.1) is 43.5 Å². The van der Waals surface area contributed by atoms with Gasteiger partial charge in [-0.1, -0.05) is 35.3 Å². The van der Waals surface area contributed by atoms with Crippen LogP contribution in [0.15, 0.2) is 60.2 Å². The van der Waals surface area contributed by atoms with Crippen LogP contribution < -0.4 is 24.4 Å². The normalized spacial score (nSPS) is 16.3. The molecular weight excluding hydrogens is 547 g/mol. The minimum atomic E-state index is -1.06. The highest BCUT2D eigenvalue weighted by atomic mass is 35.5. The Morgan fingerprint density at radius 2 is 1.62 bits per heavy atom. The van der Waals surface area contributed by atoms with Crippen LogP contribution in [0.2, 0.25) is 10.0 Å². The monoisotopic (exact) mass is 570 g/mol. The third-order valence-corrected chi connectivity index (χ3v) is 6.74. The SMILES string of the molecule is COc1cccc(C2/C(=C(\O)c3cc(Cl)c(OC)c(Cl)c3OC)C(=O)C(=O)N2c2ccc(NC(C)=O)cc2)c1. The van der Waals surface area contributed by atoms with Crippen molar-refractivity contribution in [3.05, 3.63) is 81.3 Å². The number of ketones is 1. The van der Waals surface area contributed by atoms with Gasteiger partial charge in [0.1, 0.15) is 16.5 Å². The molecule has 4 rings (SSSR count). The summed E-state index contributed by atoms with van der Waals surface area (Å²) in [5.41, 5.74) is 1.14. The summed E-state index contributed by atoms with van der Waals surface area (Å²) >= 11 is 12.8. The fraction of sp³-hybridized carbons (Fsp3) is 0.179. The van der Waals surface area contributed by atoms with E-state index >= 15 is 0 Å². The quantitative estimate of drug-likeness (QED) is 0.216. The minimum Gasteiger partial charge on any atom is -0.507 e. The van der Waals surface area contributed by atoms with Crippen LogP contribution in [0.25, 0.3) is 5.76 Å². The number of Topliss-reactive ketones (excluding diaryl/α,β-unsaturated/α-hetero) is 1. The molecule has 1 heterocycles. The Bertz CT molecular complexity index is 1500. The number of nitrogens with zero attached hydrogens (tertiary/aromatic N) is 1. The van der Waals surface area contributed by atoms with E-state index in [0.29, 0.717) is 22.7 Å². The van der Waals surface area contributed by atoms with E-state index in [2.05, 4.69) is 5.32 Å². The first-order valence-electron chi connectivity index (χ1n) is 11.6. The first-order chi connectivity index (χ1) is 18.6. The average Bonchev–Trinajstić information content (AvgIpc) is 3.18. The van der Waals surface area contributed by atoms with Crippen LogP contribution in [-0.2, 0) is 14.4 Å². The molecule has 202 valence electrons. The Morgan fingerprint density at radius 3 is 2.21 bits per heavy atom. The number of nitrogens with one attached hydrogen (secondary N) is 1. The highest BCUT2D eigenvalue weighted by Gasteiger charge is 2.47. The number of rotatable bonds is 7. The molecule has 3 aromatic carbocycles. The van der Waals surface area contributed by atoms with Gasteiger partial charge in [-0.2, -0.15) is 0 Å². The lowest BCUT2D eigenvalue weighted by atomic mass is 9.94. The molecule has 2 N–H and O–H groups in total. The molecule has 1 unspecified atom stereocenters. The van der Waals surface area contributed by atoms with Crippen molar-refractivity contribution in [2.45, 2.75) is 13.0 Å². The van der Waals surface area contributed by atoms with E-state index in [1.807, 2.05) is 0 Å². The Kier molecular flexibility index (Phi) is 8.03. The number of carbonyl (C=O) groups excluding carboxylic acids is 3. The lowest BCUT2D eigenvalue weighted by Crippen LogP contribution is -2.29. The second kappa shape index (κ2) is 11.3. The van der Waals surface area contributed by atoms with Crippen LogP contribution in [-0.4, -0.2) is 44.0 Å². The molecule has 39 heavy (non-hydrogen) atoms. The van der Waals surface area contributed by atoms with Gasteiger partial charge in [-0.15, -0.1) is 0 Å². The fourth-order valence-electron chi connectivity index (χ4n) is 4.43. The summed E-state index contributed by atoms with van der Waals surface area (Å²) in [7, 11) is 4.20. The second-order valence-corrected chi connectivity index (χ2v) is 9.25. The summed E-state index contributed by atoms with van der Waals surface area (Å²) in [6.07, 6.45) is 0. The van der Waals surface area contributed by atoms with Gasteiger partial charge in [0, 0.05) is 18.3 Å². The zero-order valence-electron chi connectivity index (χ0n) is 21.4. The van der Waals surface area contributed by atoms with Crippen LogP contribution in [0.4, 0.5) is 11.4 Å². The topological polar surface area (TPSA) is 114 Å². The van der Waals surface area contributed by atoms with E-state index < -0.39 is 23.5 Å². The molecule has 1 saturated heterocycles. The minimum absolute atomic E-state index is 0.000187. The number of amides is 2. The van der Waals surface area contributed by atoms with Crippen LogP contribution in [0.1, 0.15) is 24.1 Å². The Morgan fingerprint density at radius 1 is 0.949 bits per heavy atom. The molecule has 0 saturated carbocycles. The van der Waals surface area contributed by atoms with Crippen molar-refractivity contribution < 1.29 is 33.7 Å². The molecule has 1 aliphatic rings. The lowest BCUT2D eigenvalue weighted by Gasteiger charge is -2.26. The summed E-state index contributed by atoms with van der Waals surface area (Å²) in [4.78, 5) is 39.7. The van der Waals surface area contributed by atoms with Crippen molar-refractivity contribution in [1.29, 1.82) is 0 Å². The first kappa shape index (κ1) is 27.8. The van der Waals surface area contributed by atoms with Crippen molar-refractivity contribution in [1.82, 2.24) is 0 Å². The van der Waals surface area contributed by atoms with Gasteiger partial charge in [0.25, 0.3) is 11.7 Å². The molecule has 9 nitrogen and oxygen atoms in total. The molecule has 1 atom stereocenters. The van der Waals surface area contributed by atoms with Gasteiger partial charge >= 0.3 is 0 Å². The van der Waals surface area contributed by atoms with Crippen molar-refractivity contribution in [2.24, 2.45) is 0 Å². The smallest absolute Gasteiger partial charge is 0.300 e. The summed E-state index contributed by atoms with van der Waals surface area (Å²) in [5.74, 6) is -2.00. The van der Waals surface area contributed by atoms with Crippen molar-refractivity contribution in [2.75, 3.05) is 31.5 Å². The Balaban J connectivity index is 1.97. The molecule has 0 radical (unpaired) electrons. The predicted molar refractivity (Wildman–Crippen MR) is 148 cm³/mol. The summed E-state index contributed by atoms with van der Waals surface area (Å²) in [6, 6.07) is 13.4. The first-order valence-corrected chi connectivity index (χ1v) is 12.3. The standard InChI is InChI=1S/C28H24Cl2N2O7/c1-14(33)31-16-8-10-17(11-9-16)32-23(15-6-5-7-18(12-15)37-2)21(25(35)28(32)36)24(34)19-13-20(29)27(39-4)22(30)26(19)38-3/h5-13,23,34H,1-4H3,(H,31,33)/b24-21+. The maximum atomic E-state index is 13.5. The summed E-state index contributed by atoms with van der Waals surface area (Å²) in [6.45, 7) is 1.38. The number of aliphatic hydroxyl groups excluding tert-OH is 1. The van der Waals surface area contributed by atoms with Crippen molar-refractivity contribution in [3.63, 3.8) is 0 Å². The molecule has 0 spiro atoms. The molecule has 0 aliphatic carbocycles. The largest absolute Gasteiger partial charge is 0.507 e. The molecule has 0 aromatic heterocycles. The van der Waals surface area contributed by atoms with Gasteiger partial charge in [0.15, 0.2) is 11.5 Å². The number of anilines is 2. The maximum absolute atomic E-state index is 13.5. The Hall–Kier alpha value is -4.21. The zero-order chi connectivity index (χ0) is 28.4. The van der Waals surface area contributed by atoms with Gasteiger partial charge in [-0.05, 0) is 48.0 Å². The fourth-order valence-corrected chi connectivity index (χ4v) is 5.11. The number of methoxy groups -OCH3 is 3. The third kappa shape index (κ3) is 5.10. The van der Waals surface area contributed by atoms with Gasteiger partial charge < -0.3 is 24.6 Å². The van der Waals surface area contributed by atoms with E-state index in [1.165, 1.54) is 39.2 Å². The molecule has 2 amide bonds. The molecule has 0 bridgehead atoms. The number of hydrogen-bond acceptors (Lipinski definition) is 7. The summed E-state index contributed by atoms with van der Waals surface area (Å²) < 4.78 is 16.0. The molecule has 1 aliphatic heterocycles. The zero-order valence-corrected chi connectivity index (χ0v) is 22.9. The van der Waals surface area contributed by atoms with E-state index in [1.54, 1.807) is 48.5 Å². The van der Waals surface area contributed by atoms with Gasteiger partial charge in [-0.25, -0.2) is 0 Å². The second-order valence-electron chi connectivity index (χ2n) is 8.46. The van der Waals surface area contributed by atoms with E-state index in [9.17, 15) is 19.5 Å². The number of carbonyl (C=O) groups is 3. The van der Waals surface area contributed by atoms with E-state index in [0.717, 1.165) is 0 Å². The summed E-state index contributed by atoms with van der Waals surface area (Å²) in [5, 5.41) is 14.3. The lowest BCUT2D eigenvalue weighted by molar-refractivity contribution is -0.132. The van der Waals surface area contributed by atoms with Crippen LogP contribution in [0.3, 0.4) is 0 Å². The number of benzene rings is 3. The van der Waals surface area contributed by atoms with Gasteiger partial charge in [-0.3, -0.25) is 19.3 Å². The molecule has 11 heteroatoms. The van der Waals surface area contributed by atoms with Crippen molar-refractivity contribution >= 4 is 57.9 Å². The number of hydrogen-bond donors (Lipinski definition) is 2. The highest BCUT2D eigenvalue weighted by Crippen LogP contribution is 2.48. The van der Waals surface area contributed by atoms with E-state index in [4.69, 9.17) is 37.4 Å². The molecule has 3 aromatic rings. The predicted octanol–water partition coefficient (Wildman–Crippen LogP) is 5.60. The third-order valence-electron chi connectivity index (χ3n) is 6.11. The average molecular weight is 571 g/mol. The van der Waals surface area contributed by atoms with Crippen molar-refractivity contribution in [3.8, 4) is 17.2 Å². The number of ether oxygens (including phenoxy) is 3. The van der Waals surface area contributed by atoms with Crippen LogP contribution in [0.5, 0.6) is 17.2 Å². The molecule has 1 fully saturated rings. The Labute approximate surface area is 234 Å². The van der Waals surface area contributed by atoms with E-state index in [-0.39, 0.29) is 38.6 Å². The van der Waals surface area contributed by atoms with Gasteiger partial charge in [0.2, 0.25) is 5.91 Å². The van der Waals surface area contributed by atoms with Crippen LogP contribution >= 0.6 is 23.2 Å². The maximum Gasteiger partial charge on any atom is 0.300 e.